The van der Waals surface area contributed by atoms with Crippen LogP contribution in [0.2, 0.25) is 0 Å². The Morgan fingerprint density at radius 3 is 2.44 bits per heavy atom. The third-order valence-corrected chi connectivity index (χ3v) is 1.57. The number of aliphatic hydroxyl groups is 1. The number of alkyl carbamates (subject to hydrolysis) is 1. The van der Waals surface area contributed by atoms with E-state index in [-0.39, 0.29) is 6.54 Å². The van der Waals surface area contributed by atoms with E-state index in [4.69, 9.17) is 14.6 Å². The highest BCUT2D eigenvalue weighted by molar-refractivity contribution is 5.70. The molecule has 1 amide bonds. The fourth-order valence-electron chi connectivity index (χ4n) is 0.896. The Morgan fingerprint density at radius 1 is 1.31 bits per heavy atom. The lowest BCUT2D eigenvalue weighted by atomic mass is 10.3. The van der Waals surface area contributed by atoms with Gasteiger partial charge in [0.2, 0.25) is 6.29 Å². The monoisotopic (exact) mass is 233 g/mol. The molecule has 94 valence electrons. The maximum absolute atomic E-state index is 11.1. The van der Waals surface area contributed by atoms with Crippen molar-refractivity contribution >= 4 is 12.1 Å². The average molecular weight is 233 g/mol. The van der Waals surface area contributed by atoms with Gasteiger partial charge in [-0.15, -0.1) is 0 Å². The van der Waals surface area contributed by atoms with Crippen molar-refractivity contribution in [2.45, 2.75) is 46.0 Å². The first-order chi connectivity index (χ1) is 7.45. The lowest BCUT2D eigenvalue weighted by Gasteiger charge is -2.14. The van der Waals surface area contributed by atoms with Gasteiger partial charge in [0.25, 0.3) is 0 Å². The molecule has 0 heterocycles. The molecule has 16 heavy (non-hydrogen) atoms. The van der Waals surface area contributed by atoms with Gasteiger partial charge in [0, 0.05) is 19.9 Å². The first-order valence-corrected chi connectivity index (χ1v) is 5.27. The molecule has 0 fully saturated rings. The first-order valence-electron chi connectivity index (χ1n) is 5.27. The molecule has 0 spiro atoms. The van der Waals surface area contributed by atoms with E-state index in [9.17, 15) is 9.59 Å². The Kier molecular flexibility index (Phi) is 7.28. The average Bonchev–Trinajstić information content (AvgIpc) is 2.14. The quantitative estimate of drug-likeness (QED) is 0.523. The normalized spacial score (nSPS) is 13.8. The second kappa shape index (κ2) is 7.92. The number of aliphatic hydroxyl groups excluding tert-OH is 1. The molecule has 0 saturated carbocycles. The van der Waals surface area contributed by atoms with E-state index in [0.29, 0.717) is 12.8 Å². The van der Waals surface area contributed by atoms with Gasteiger partial charge in [-0.1, -0.05) is 6.92 Å². The summed E-state index contributed by atoms with van der Waals surface area (Å²) in [6.45, 7) is 4.93. The third-order valence-electron chi connectivity index (χ3n) is 1.57. The number of esters is 1. The van der Waals surface area contributed by atoms with Crippen molar-refractivity contribution in [2.24, 2.45) is 0 Å². The van der Waals surface area contributed by atoms with E-state index in [0.717, 1.165) is 0 Å². The van der Waals surface area contributed by atoms with Crippen LogP contribution in [-0.4, -0.2) is 36.1 Å². The van der Waals surface area contributed by atoms with Crippen LogP contribution in [0.15, 0.2) is 0 Å². The van der Waals surface area contributed by atoms with Gasteiger partial charge in [-0.25, -0.2) is 4.79 Å². The van der Waals surface area contributed by atoms with Gasteiger partial charge in [0.1, 0.15) is 0 Å². The zero-order chi connectivity index (χ0) is 12.6. The van der Waals surface area contributed by atoms with Crippen LogP contribution in [0.4, 0.5) is 4.79 Å². The fourth-order valence-corrected chi connectivity index (χ4v) is 0.896. The lowest BCUT2D eigenvalue weighted by molar-refractivity contribution is -0.164. The highest BCUT2D eigenvalue weighted by atomic mass is 16.7. The van der Waals surface area contributed by atoms with Crippen LogP contribution in [0.25, 0.3) is 0 Å². The highest BCUT2D eigenvalue weighted by Crippen LogP contribution is 1.99. The minimum atomic E-state index is -0.923. The topological polar surface area (TPSA) is 84.9 Å². The second-order valence-corrected chi connectivity index (χ2v) is 3.44. The second-order valence-electron chi connectivity index (χ2n) is 3.44. The summed E-state index contributed by atoms with van der Waals surface area (Å²) in [7, 11) is 0. The van der Waals surface area contributed by atoms with Crippen molar-refractivity contribution in [2.75, 3.05) is 6.54 Å². The summed E-state index contributed by atoms with van der Waals surface area (Å²) in [6.07, 6.45) is -1.32. The Morgan fingerprint density at radius 2 is 1.94 bits per heavy atom. The molecule has 0 aliphatic carbocycles. The maximum atomic E-state index is 11.1. The third kappa shape index (κ3) is 8.05. The van der Waals surface area contributed by atoms with Crippen LogP contribution < -0.4 is 5.32 Å². The van der Waals surface area contributed by atoms with Gasteiger partial charge < -0.3 is 19.9 Å². The SMILES string of the molecule is CCCC(=O)OC(C)OC(=O)NC[C@@H](C)O. The van der Waals surface area contributed by atoms with Crippen molar-refractivity contribution in [1.82, 2.24) is 5.32 Å². The molecule has 0 aromatic carbocycles. The van der Waals surface area contributed by atoms with Crippen molar-refractivity contribution < 1.29 is 24.2 Å². The van der Waals surface area contributed by atoms with Gasteiger partial charge in [-0.05, 0) is 13.3 Å². The predicted octanol–water partition coefficient (Wildman–Crippen LogP) is 0.783. The molecule has 0 aliphatic heterocycles. The van der Waals surface area contributed by atoms with E-state index in [1.807, 2.05) is 6.92 Å². The number of carbonyl (C=O) groups excluding carboxylic acids is 2. The Bertz CT molecular complexity index is 229. The Balaban J connectivity index is 3.73. The lowest BCUT2D eigenvalue weighted by Crippen LogP contribution is -2.34. The van der Waals surface area contributed by atoms with Crippen LogP contribution in [0.5, 0.6) is 0 Å². The number of rotatable bonds is 6. The van der Waals surface area contributed by atoms with E-state index in [1.165, 1.54) is 13.8 Å². The molecule has 0 radical (unpaired) electrons. The van der Waals surface area contributed by atoms with Gasteiger partial charge in [-0.3, -0.25) is 4.79 Å². The molecular weight excluding hydrogens is 214 g/mol. The number of carbonyl (C=O) groups is 2. The van der Waals surface area contributed by atoms with Crippen LogP contribution in [0.3, 0.4) is 0 Å². The summed E-state index contributed by atoms with van der Waals surface area (Å²) in [5, 5.41) is 11.2. The van der Waals surface area contributed by atoms with E-state index in [1.54, 1.807) is 0 Å². The molecule has 0 saturated heterocycles. The maximum Gasteiger partial charge on any atom is 0.410 e. The molecule has 6 heteroatoms. The van der Waals surface area contributed by atoms with Crippen molar-refractivity contribution in [3.05, 3.63) is 0 Å². The number of hydrogen-bond donors (Lipinski definition) is 2. The van der Waals surface area contributed by atoms with E-state index in [2.05, 4.69) is 5.32 Å². The molecule has 2 N–H and O–H groups in total. The van der Waals surface area contributed by atoms with Crippen LogP contribution in [-0.2, 0) is 14.3 Å². The highest BCUT2D eigenvalue weighted by Gasteiger charge is 2.13. The molecule has 0 aromatic rings. The molecule has 0 aliphatic rings. The summed E-state index contributed by atoms with van der Waals surface area (Å²) < 4.78 is 9.50. The first kappa shape index (κ1) is 14.7. The summed E-state index contributed by atoms with van der Waals surface area (Å²) in [5.41, 5.74) is 0. The number of hydrogen-bond acceptors (Lipinski definition) is 5. The van der Waals surface area contributed by atoms with Gasteiger partial charge in [0.05, 0.1) is 6.10 Å². The predicted molar refractivity (Wildman–Crippen MR) is 56.6 cm³/mol. The van der Waals surface area contributed by atoms with E-state index >= 15 is 0 Å². The summed E-state index contributed by atoms with van der Waals surface area (Å²) in [5.74, 6) is -0.404. The number of nitrogens with one attached hydrogen (secondary N) is 1. The van der Waals surface area contributed by atoms with Crippen molar-refractivity contribution in [3.8, 4) is 0 Å². The minimum absolute atomic E-state index is 0.0917. The summed E-state index contributed by atoms with van der Waals surface area (Å²) in [4.78, 5) is 22.1. The van der Waals surface area contributed by atoms with Gasteiger partial charge >= 0.3 is 12.1 Å². The molecule has 1 unspecified atom stereocenters. The molecule has 2 atom stereocenters. The molecule has 0 rings (SSSR count). The molecule has 0 bridgehead atoms. The van der Waals surface area contributed by atoms with Crippen molar-refractivity contribution in [1.29, 1.82) is 0 Å². The molecular formula is C10H19NO5. The van der Waals surface area contributed by atoms with Gasteiger partial charge in [0.15, 0.2) is 0 Å². The smallest absolute Gasteiger partial charge is 0.410 e. The van der Waals surface area contributed by atoms with Gasteiger partial charge in [-0.2, -0.15) is 0 Å². The van der Waals surface area contributed by atoms with Crippen molar-refractivity contribution in [3.63, 3.8) is 0 Å². The number of ether oxygens (including phenoxy) is 2. The number of amides is 1. The molecule has 0 aromatic heterocycles. The summed E-state index contributed by atoms with van der Waals surface area (Å²) in [6, 6.07) is 0. The van der Waals surface area contributed by atoms with E-state index < -0.39 is 24.5 Å². The zero-order valence-electron chi connectivity index (χ0n) is 9.86. The summed E-state index contributed by atoms with van der Waals surface area (Å²) >= 11 is 0. The standard InChI is InChI=1S/C10H19NO5/c1-4-5-9(13)15-8(3)16-10(14)11-6-7(2)12/h7-8,12H,4-6H2,1-3H3,(H,11,14)/t7-,8?/m1/s1. The molecule has 6 nitrogen and oxygen atoms in total. The van der Waals surface area contributed by atoms with Crippen LogP contribution >= 0.6 is 0 Å². The fraction of sp³-hybridized carbons (Fsp3) is 0.800. The Hall–Kier alpha value is -1.30. The minimum Gasteiger partial charge on any atom is -0.425 e. The largest absolute Gasteiger partial charge is 0.425 e. The van der Waals surface area contributed by atoms with Crippen LogP contribution in [0, 0.1) is 0 Å². The zero-order valence-corrected chi connectivity index (χ0v) is 9.86. The Labute approximate surface area is 94.9 Å². The van der Waals surface area contributed by atoms with Crippen LogP contribution in [0.1, 0.15) is 33.6 Å².